The zero-order chi connectivity index (χ0) is 18.1. The van der Waals surface area contributed by atoms with Gasteiger partial charge in [0.1, 0.15) is 5.75 Å². The standard InChI is InChI=1S/C19H16ClNO4/c1-11-7-15-13(9-17(22)23)10-21(18(15)16(8-11)25-2)19(24)12-3-5-14(20)6-4-12/h3-8,10H,9H2,1-2H3,(H,22,23). The Morgan fingerprint density at radius 1 is 1.20 bits per heavy atom. The molecule has 0 bridgehead atoms. The highest BCUT2D eigenvalue weighted by Gasteiger charge is 2.20. The Balaban J connectivity index is 2.24. The molecule has 0 saturated heterocycles. The van der Waals surface area contributed by atoms with E-state index in [2.05, 4.69) is 0 Å². The van der Waals surface area contributed by atoms with Crippen LogP contribution in [0, 0.1) is 6.92 Å². The van der Waals surface area contributed by atoms with Crippen LogP contribution in [0.5, 0.6) is 5.75 Å². The molecular weight excluding hydrogens is 342 g/mol. The summed E-state index contributed by atoms with van der Waals surface area (Å²) >= 11 is 5.88. The monoisotopic (exact) mass is 357 g/mol. The van der Waals surface area contributed by atoms with Gasteiger partial charge in [0.25, 0.3) is 5.91 Å². The highest BCUT2D eigenvalue weighted by molar-refractivity contribution is 6.30. The molecule has 0 amide bonds. The quantitative estimate of drug-likeness (QED) is 0.768. The maximum absolute atomic E-state index is 12.9. The number of ether oxygens (including phenoxy) is 1. The fraction of sp³-hybridized carbons (Fsp3) is 0.158. The second-order valence-corrected chi connectivity index (χ2v) is 6.21. The van der Waals surface area contributed by atoms with Crippen LogP contribution in [-0.2, 0) is 11.2 Å². The lowest BCUT2D eigenvalue weighted by Gasteiger charge is -2.09. The first-order valence-corrected chi connectivity index (χ1v) is 7.99. The molecule has 6 heteroatoms. The summed E-state index contributed by atoms with van der Waals surface area (Å²) < 4.78 is 6.87. The van der Waals surface area contributed by atoms with Crippen LogP contribution in [0.1, 0.15) is 21.5 Å². The molecule has 0 unspecified atom stereocenters. The number of carbonyl (C=O) groups excluding carboxylic acids is 1. The normalized spacial score (nSPS) is 10.8. The highest BCUT2D eigenvalue weighted by atomic mass is 35.5. The van der Waals surface area contributed by atoms with Crippen molar-refractivity contribution in [3.05, 3.63) is 64.3 Å². The number of hydrogen-bond donors (Lipinski definition) is 1. The van der Waals surface area contributed by atoms with Gasteiger partial charge in [0.15, 0.2) is 0 Å². The smallest absolute Gasteiger partial charge is 0.307 e. The number of fused-ring (bicyclic) bond motifs is 1. The number of benzene rings is 2. The third-order valence-corrected chi connectivity index (χ3v) is 4.21. The second kappa shape index (κ2) is 6.61. The molecule has 1 N–H and O–H groups in total. The van der Waals surface area contributed by atoms with E-state index in [1.807, 2.05) is 19.1 Å². The topological polar surface area (TPSA) is 68.5 Å². The van der Waals surface area contributed by atoms with Crippen molar-refractivity contribution in [1.29, 1.82) is 0 Å². The summed E-state index contributed by atoms with van der Waals surface area (Å²) in [6.45, 7) is 1.89. The summed E-state index contributed by atoms with van der Waals surface area (Å²) in [7, 11) is 1.52. The number of aryl methyl sites for hydroxylation is 1. The van der Waals surface area contributed by atoms with Crippen LogP contribution >= 0.6 is 11.6 Å². The van der Waals surface area contributed by atoms with Crippen molar-refractivity contribution >= 4 is 34.4 Å². The number of rotatable bonds is 4. The van der Waals surface area contributed by atoms with Crippen LogP contribution in [0.2, 0.25) is 5.02 Å². The zero-order valence-electron chi connectivity index (χ0n) is 13.7. The van der Waals surface area contributed by atoms with E-state index in [1.165, 1.54) is 11.7 Å². The minimum atomic E-state index is -0.960. The van der Waals surface area contributed by atoms with Crippen LogP contribution in [0.3, 0.4) is 0 Å². The van der Waals surface area contributed by atoms with Gasteiger partial charge >= 0.3 is 5.97 Å². The van der Waals surface area contributed by atoms with Crippen LogP contribution < -0.4 is 4.74 Å². The van der Waals surface area contributed by atoms with Crippen molar-refractivity contribution < 1.29 is 19.4 Å². The Kier molecular flexibility index (Phi) is 4.51. The van der Waals surface area contributed by atoms with Crippen molar-refractivity contribution in [3.63, 3.8) is 0 Å². The molecule has 128 valence electrons. The molecule has 1 heterocycles. The van der Waals surface area contributed by atoms with E-state index in [9.17, 15) is 14.7 Å². The summed E-state index contributed by atoms with van der Waals surface area (Å²) in [6, 6.07) is 10.2. The molecule has 0 spiro atoms. The van der Waals surface area contributed by atoms with Gasteiger partial charge in [-0.15, -0.1) is 0 Å². The maximum atomic E-state index is 12.9. The van der Waals surface area contributed by atoms with Gasteiger partial charge in [0, 0.05) is 22.2 Å². The number of aliphatic carboxylic acids is 1. The minimum absolute atomic E-state index is 0.177. The van der Waals surface area contributed by atoms with E-state index in [4.69, 9.17) is 16.3 Å². The SMILES string of the molecule is COc1cc(C)cc2c(CC(=O)O)cn(C(=O)c3ccc(Cl)cc3)c12. The molecule has 25 heavy (non-hydrogen) atoms. The van der Waals surface area contributed by atoms with Gasteiger partial charge in [-0.1, -0.05) is 11.6 Å². The van der Waals surface area contributed by atoms with Crippen molar-refractivity contribution in [3.8, 4) is 5.75 Å². The summed E-state index contributed by atoms with van der Waals surface area (Å²) in [6.07, 6.45) is 1.39. The molecular formula is C19H16ClNO4. The molecule has 2 aromatic carbocycles. The van der Waals surface area contributed by atoms with Gasteiger partial charge in [-0.05, 0) is 54.4 Å². The fourth-order valence-electron chi connectivity index (χ4n) is 2.88. The molecule has 0 fully saturated rings. The second-order valence-electron chi connectivity index (χ2n) is 5.77. The first-order valence-electron chi connectivity index (χ1n) is 7.61. The number of methoxy groups -OCH3 is 1. The van der Waals surface area contributed by atoms with Gasteiger partial charge in [-0.25, -0.2) is 0 Å². The van der Waals surface area contributed by atoms with Gasteiger partial charge in [-0.2, -0.15) is 0 Å². The van der Waals surface area contributed by atoms with Crippen LogP contribution in [0.4, 0.5) is 0 Å². The summed E-state index contributed by atoms with van der Waals surface area (Å²) in [5.41, 5.74) is 2.49. The van der Waals surface area contributed by atoms with E-state index < -0.39 is 5.97 Å². The molecule has 0 aliphatic heterocycles. The van der Waals surface area contributed by atoms with E-state index >= 15 is 0 Å². The molecule has 0 aliphatic rings. The van der Waals surface area contributed by atoms with Crippen molar-refractivity contribution in [2.45, 2.75) is 13.3 Å². The summed E-state index contributed by atoms with van der Waals surface area (Å²) in [4.78, 5) is 24.1. The average molecular weight is 358 g/mol. The van der Waals surface area contributed by atoms with E-state index in [1.54, 1.807) is 30.5 Å². The molecule has 5 nitrogen and oxygen atoms in total. The number of hydrogen-bond acceptors (Lipinski definition) is 3. The highest BCUT2D eigenvalue weighted by Crippen LogP contribution is 2.32. The molecule has 3 rings (SSSR count). The largest absolute Gasteiger partial charge is 0.495 e. The lowest BCUT2D eigenvalue weighted by Crippen LogP contribution is -2.11. The lowest BCUT2D eigenvalue weighted by atomic mass is 10.1. The van der Waals surface area contributed by atoms with Crippen molar-refractivity contribution in [1.82, 2.24) is 4.57 Å². The van der Waals surface area contributed by atoms with Crippen LogP contribution in [-0.4, -0.2) is 28.7 Å². The van der Waals surface area contributed by atoms with E-state index in [0.29, 0.717) is 32.8 Å². The third-order valence-electron chi connectivity index (χ3n) is 3.96. The predicted octanol–water partition coefficient (Wildman–Crippen LogP) is 3.93. The Bertz CT molecular complexity index is 973. The summed E-state index contributed by atoms with van der Waals surface area (Å²) in [5, 5.41) is 10.4. The predicted molar refractivity (Wildman–Crippen MR) is 95.7 cm³/mol. The molecule has 0 radical (unpaired) electrons. The minimum Gasteiger partial charge on any atom is -0.495 e. The fourth-order valence-corrected chi connectivity index (χ4v) is 3.01. The number of carbonyl (C=O) groups is 2. The van der Waals surface area contributed by atoms with Crippen LogP contribution in [0.15, 0.2) is 42.6 Å². The lowest BCUT2D eigenvalue weighted by molar-refractivity contribution is -0.136. The maximum Gasteiger partial charge on any atom is 0.307 e. The number of carboxylic acid groups (broad SMARTS) is 1. The molecule has 0 atom stereocenters. The Labute approximate surface area is 149 Å². The molecule has 1 aromatic heterocycles. The van der Waals surface area contributed by atoms with Crippen LogP contribution in [0.25, 0.3) is 10.9 Å². The Morgan fingerprint density at radius 2 is 1.88 bits per heavy atom. The van der Waals surface area contributed by atoms with Crippen molar-refractivity contribution in [2.24, 2.45) is 0 Å². The molecule has 0 saturated carbocycles. The first-order chi connectivity index (χ1) is 11.9. The number of halogens is 1. The van der Waals surface area contributed by atoms with E-state index in [-0.39, 0.29) is 12.3 Å². The average Bonchev–Trinajstić information content (AvgIpc) is 2.92. The summed E-state index contributed by atoms with van der Waals surface area (Å²) in [5.74, 6) is -0.715. The number of nitrogens with zero attached hydrogens (tertiary/aromatic N) is 1. The molecule has 0 aliphatic carbocycles. The van der Waals surface area contributed by atoms with Gasteiger partial charge < -0.3 is 9.84 Å². The number of aromatic nitrogens is 1. The van der Waals surface area contributed by atoms with Gasteiger partial charge in [0.05, 0.1) is 19.0 Å². The van der Waals surface area contributed by atoms with Gasteiger partial charge in [0.2, 0.25) is 0 Å². The van der Waals surface area contributed by atoms with Gasteiger partial charge in [-0.3, -0.25) is 14.2 Å². The Morgan fingerprint density at radius 3 is 2.48 bits per heavy atom. The zero-order valence-corrected chi connectivity index (χ0v) is 14.5. The first kappa shape index (κ1) is 17.0. The third kappa shape index (κ3) is 3.23. The number of carboxylic acids is 1. The Hall–Kier alpha value is -2.79. The van der Waals surface area contributed by atoms with E-state index in [0.717, 1.165) is 5.56 Å². The molecule has 3 aromatic rings. The van der Waals surface area contributed by atoms with Crippen molar-refractivity contribution in [2.75, 3.05) is 7.11 Å².